The zero-order valence-electron chi connectivity index (χ0n) is 30.8. The Hall–Kier alpha value is -7.74. The summed E-state index contributed by atoms with van der Waals surface area (Å²) in [6.07, 6.45) is 3.63. The maximum absolute atomic E-state index is 9.56. The van der Waals surface area contributed by atoms with Gasteiger partial charge in [-0.05, 0) is 103 Å². The fourth-order valence-corrected chi connectivity index (χ4v) is 9.15. The Morgan fingerprint density at radius 1 is 0.368 bits per heavy atom. The monoisotopic (exact) mass is 724 g/mol. The van der Waals surface area contributed by atoms with Gasteiger partial charge < -0.3 is 0 Å². The van der Waals surface area contributed by atoms with Gasteiger partial charge in [-0.2, -0.15) is 5.26 Å². The fraction of sp³-hybridized carbons (Fsp3) is 0.0189. The van der Waals surface area contributed by atoms with Crippen LogP contribution in [-0.4, -0.2) is 15.0 Å². The Balaban J connectivity index is 1.18. The van der Waals surface area contributed by atoms with Crippen LogP contribution in [-0.2, 0) is 5.41 Å². The van der Waals surface area contributed by atoms with E-state index in [2.05, 4.69) is 151 Å². The summed E-state index contributed by atoms with van der Waals surface area (Å²) in [4.78, 5) is 14.8. The van der Waals surface area contributed by atoms with E-state index >= 15 is 0 Å². The fourth-order valence-electron chi connectivity index (χ4n) is 9.15. The Kier molecular flexibility index (Phi) is 7.42. The topological polar surface area (TPSA) is 62.5 Å². The molecule has 0 unspecified atom stereocenters. The van der Waals surface area contributed by atoms with E-state index in [9.17, 15) is 5.26 Å². The number of hydrogen-bond acceptors (Lipinski definition) is 4. The van der Waals surface area contributed by atoms with Crippen LogP contribution in [0.5, 0.6) is 0 Å². The molecule has 0 fully saturated rings. The predicted molar refractivity (Wildman–Crippen MR) is 228 cm³/mol. The van der Waals surface area contributed by atoms with Crippen molar-refractivity contribution >= 4 is 0 Å². The predicted octanol–water partition coefficient (Wildman–Crippen LogP) is 12.4. The molecule has 1 spiro atoms. The molecule has 0 bridgehead atoms. The lowest BCUT2D eigenvalue weighted by atomic mass is 9.65. The van der Waals surface area contributed by atoms with Crippen molar-refractivity contribution < 1.29 is 0 Å². The Morgan fingerprint density at radius 3 is 1.33 bits per heavy atom. The highest BCUT2D eigenvalue weighted by atomic mass is 14.9. The molecule has 0 radical (unpaired) electrons. The van der Waals surface area contributed by atoms with Crippen molar-refractivity contribution in [3.05, 3.63) is 222 Å². The van der Waals surface area contributed by atoms with Gasteiger partial charge in [0.05, 0.1) is 28.4 Å². The molecular weight excluding hydrogens is 693 g/mol. The maximum atomic E-state index is 9.56. The minimum atomic E-state index is -0.607. The lowest BCUT2D eigenvalue weighted by Gasteiger charge is -2.35. The lowest BCUT2D eigenvalue weighted by Crippen LogP contribution is -2.29. The average molecular weight is 725 g/mol. The Labute approximate surface area is 331 Å². The van der Waals surface area contributed by atoms with Crippen molar-refractivity contribution in [1.29, 1.82) is 5.26 Å². The van der Waals surface area contributed by atoms with Crippen LogP contribution < -0.4 is 0 Å². The molecule has 2 aromatic heterocycles. The second kappa shape index (κ2) is 12.9. The molecule has 57 heavy (non-hydrogen) atoms. The zero-order valence-corrected chi connectivity index (χ0v) is 30.8. The summed E-state index contributed by atoms with van der Waals surface area (Å²) in [5.74, 6) is 0.633. The number of nitriles is 1. The molecule has 9 aromatic rings. The molecule has 0 amide bonds. The number of rotatable bonds is 4. The van der Waals surface area contributed by atoms with Crippen LogP contribution in [0.3, 0.4) is 0 Å². The molecular formula is C53H32N4. The quantitative estimate of drug-likeness (QED) is 0.181. The summed E-state index contributed by atoms with van der Waals surface area (Å²) in [5.41, 5.74) is 19.0. The summed E-state index contributed by atoms with van der Waals surface area (Å²) in [6.45, 7) is 0. The van der Waals surface area contributed by atoms with Gasteiger partial charge in [-0.1, -0.05) is 146 Å². The Bertz CT molecular complexity index is 3020. The molecule has 11 rings (SSSR count). The Morgan fingerprint density at radius 2 is 0.789 bits per heavy atom. The van der Waals surface area contributed by atoms with Crippen molar-refractivity contribution in [3.63, 3.8) is 0 Å². The molecule has 4 nitrogen and oxygen atoms in total. The van der Waals surface area contributed by atoms with Crippen LogP contribution >= 0.6 is 0 Å². The van der Waals surface area contributed by atoms with E-state index in [4.69, 9.17) is 9.97 Å². The first-order chi connectivity index (χ1) is 28.2. The SMILES string of the molecule is N#Cc1ccc(-c2cc(-c3ccc(-c4ccncc4)cc3)nc(-c3ccc4c(c3)C3(c5ccccc5-c5ccccc5-4)c4ccccc4-c4ccccc43)n2)cc1. The van der Waals surface area contributed by atoms with E-state index in [-0.39, 0.29) is 0 Å². The summed E-state index contributed by atoms with van der Waals surface area (Å²) in [6, 6.07) is 66.8. The molecule has 0 N–H and O–H groups in total. The summed E-state index contributed by atoms with van der Waals surface area (Å²) in [7, 11) is 0. The molecule has 7 aromatic carbocycles. The van der Waals surface area contributed by atoms with Crippen LogP contribution in [0.4, 0.5) is 0 Å². The van der Waals surface area contributed by atoms with Crippen LogP contribution in [0.15, 0.2) is 194 Å². The van der Waals surface area contributed by atoms with Gasteiger partial charge in [0.15, 0.2) is 5.82 Å². The molecule has 0 saturated carbocycles. The first-order valence-corrected chi connectivity index (χ1v) is 19.1. The van der Waals surface area contributed by atoms with Gasteiger partial charge in [0.1, 0.15) is 0 Å². The highest BCUT2D eigenvalue weighted by Gasteiger charge is 2.49. The molecule has 2 aliphatic rings. The molecule has 264 valence electrons. The minimum Gasteiger partial charge on any atom is -0.265 e. The number of pyridine rings is 1. The first-order valence-electron chi connectivity index (χ1n) is 19.1. The van der Waals surface area contributed by atoms with Gasteiger partial charge in [0.25, 0.3) is 0 Å². The maximum Gasteiger partial charge on any atom is 0.160 e. The molecule has 4 heteroatoms. The van der Waals surface area contributed by atoms with E-state index in [1.54, 1.807) is 0 Å². The van der Waals surface area contributed by atoms with Crippen molar-refractivity contribution in [2.75, 3.05) is 0 Å². The number of hydrogen-bond donors (Lipinski definition) is 0. The summed E-state index contributed by atoms with van der Waals surface area (Å²) in [5, 5.41) is 9.56. The van der Waals surface area contributed by atoms with E-state index in [0.717, 1.165) is 39.2 Å². The van der Waals surface area contributed by atoms with E-state index in [0.29, 0.717) is 11.4 Å². The van der Waals surface area contributed by atoms with Gasteiger partial charge in [-0.25, -0.2) is 9.97 Å². The van der Waals surface area contributed by atoms with Crippen molar-refractivity contribution in [1.82, 2.24) is 15.0 Å². The second-order valence-corrected chi connectivity index (χ2v) is 14.7. The molecule has 0 saturated heterocycles. The van der Waals surface area contributed by atoms with Gasteiger partial charge in [-0.15, -0.1) is 0 Å². The van der Waals surface area contributed by atoms with Crippen molar-refractivity contribution in [3.8, 4) is 84.5 Å². The first kappa shape index (κ1) is 32.7. The van der Waals surface area contributed by atoms with E-state index in [1.165, 1.54) is 55.6 Å². The number of nitrogens with zero attached hydrogens (tertiary/aromatic N) is 4. The van der Waals surface area contributed by atoms with Crippen molar-refractivity contribution in [2.45, 2.75) is 5.41 Å². The van der Waals surface area contributed by atoms with Crippen LogP contribution in [0.1, 0.15) is 27.8 Å². The van der Waals surface area contributed by atoms with Gasteiger partial charge >= 0.3 is 0 Å². The minimum absolute atomic E-state index is 0.605. The summed E-state index contributed by atoms with van der Waals surface area (Å²) < 4.78 is 0. The molecule has 2 heterocycles. The average Bonchev–Trinajstić information content (AvgIpc) is 3.54. The van der Waals surface area contributed by atoms with Gasteiger partial charge in [0.2, 0.25) is 0 Å². The van der Waals surface area contributed by atoms with Gasteiger partial charge in [-0.3, -0.25) is 4.98 Å². The smallest absolute Gasteiger partial charge is 0.160 e. The highest BCUT2D eigenvalue weighted by Crippen LogP contribution is 2.61. The third-order valence-electron chi connectivity index (χ3n) is 11.7. The molecule has 2 aliphatic carbocycles. The van der Waals surface area contributed by atoms with E-state index in [1.807, 2.05) is 54.9 Å². The molecule has 0 atom stereocenters. The third-order valence-corrected chi connectivity index (χ3v) is 11.7. The third kappa shape index (κ3) is 5.03. The number of benzene rings is 7. The normalized spacial score (nSPS) is 12.7. The van der Waals surface area contributed by atoms with E-state index < -0.39 is 5.41 Å². The summed E-state index contributed by atoms with van der Waals surface area (Å²) >= 11 is 0. The largest absolute Gasteiger partial charge is 0.265 e. The standard InChI is InChI=1S/C53H32N4/c54-33-34-17-19-37(20-18-34)50-32-51(38-23-21-35(22-24-38)36-27-29-55-30-28-36)57-52(56-50)39-25-26-45-41-10-2-1-9-40(41)42-11-3-6-14-46(42)53(49(45)31-39)47-15-7-4-12-43(47)44-13-5-8-16-48(44)53/h1-32H. The number of aromatic nitrogens is 3. The number of fused-ring (bicyclic) bond motifs is 12. The highest BCUT2D eigenvalue weighted by molar-refractivity contribution is 5.97. The lowest BCUT2D eigenvalue weighted by molar-refractivity contribution is 0.775. The zero-order chi connectivity index (χ0) is 37.9. The van der Waals surface area contributed by atoms with Crippen molar-refractivity contribution in [2.24, 2.45) is 0 Å². The second-order valence-electron chi connectivity index (χ2n) is 14.7. The van der Waals surface area contributed by atoms with Crippen LogP contribution in [0.2, 0.25) is 0 Å². The van der Waals surface area contributed by atoms with Gasteiger partial charge in [0, 0.05) is 29.1 Å². The van der Waals surface area contributed by atoms with Crippen LogP contribution in [0, 0.1) is 11.3 Å². The molecule has 0 aliphatic heterocycles. The van der Waals surface area contributed by atoms with Crippen LogP contribution in [0.25, 0.3) is 78.4 Å².